The van der Waals surface area contributed by atoms with Gasteiger partial charge in [-0.05, 0) is 23.3 Å². The van der Waals surface area contributed by atoms with Crippen LogP contribution in [0.25, 0.3) is 6.08 Å². The third kappa shape index (κ3) is 4.50. The molecule has 21 heavy (non-hydrogen) atoms. The van der Waals surface area contributed by atoms with E-state index >= 15 is 0 Å². The van der Waals surface area contributed by atoms with Gasteiger partial charge < -0.3 is 4.74 Å². The van der Waals surface area contributed by atoms with E-state index in [0.717, 1.165) is 17.7 Å². The van der Waals surface area contributed by atoms with E-state index < -0.39 is 16.4 Å². The van der Waals surface area contributed by atoms with Crippen LogP contribution < -0.4 is 0 Å². The summed E-state index contributed by atoms with van der Waals surface area (Å²) in [5, 5.41) is 10.5. The fourth-order valence-corrected chi connectivity index (χ4v) is 1.78. The summed E-state index contributed by atoms with van der Waals surface area (Å²) in [5.41, 5.74) is 1.11. The van der Waals surface area contributed by atoms with Crippen LogP contribution >= 0.6 is 0 Å². The van der Waals surface area contributed by atoms with E-state index in [4.69, 9.17) is 4.74 Å². The van der Waals surface area contributed by atoms with Gasteiger partial charge in [0.15, 0.2) is 0 Å². The van der Waals surface area contributed by atoms with Gasteiger partial charge in [0.25, 0.3) is 0 Å². The fourth-order valence-electron chi connectivity index (χ4n) is 1.78. The van der Waals surface area contributed by atoms with E-state index in [-0.39, 0.29) is 6.61 Å². The highest BCUT2D eigenvalue weighted by Crippen LogP contribution is 2.18. The van der Waals surface area contributed by atoms with Crippen molar-refractivity contribution in [1.29, 1.82) is 0 Å². The zero-order valence-electron chi connectivity index (χ0n) is 11.2. The lowest BCUT2D eigenvalue weighted by atomic mass is 10.2. The van der Waals surface area contributed by atoms with Crippen molar-refractivity contribution in [3.8, 4) is 0 Å². The Morgan fingerprint density at radius 3 is 2.62 bits per heavy atom. The Bertz CT molecular complexity index is 641. The second-order valence-electron chi connectivity index (χ2n) is 4.37. The fraction of sp³-hybridized carbons (Fsp3) is 0.125. The number of nitro groups is 1. The van der Waals surface area contributed by atoms with E-state index in [1.165, 1.54) is 6.07 Å². The van der Waals surface area contributed by atoms with Gasteiger partial charge in [0.1, 0.15) is 0 Å². The van der Waals surface area contributed by atoms with Gasteiger partial charge in [-0.25, -0.2) is 0 Å². The predicted octanol–water partition coefficient (Wildman–Crippen LogP) is 3.96. The maximum Gasteiger partial charge on any atom is 0.304 e. The SMILES string of the molecule is O=[N+]([O-])c1ccc(COC/C=C/c2ccccc2)cc1F. The highest BCUT2D eigenvalue weighted by atomic mass is 19.1. The van der Waals surface area contributed by atoms with Crippen molar-refractivity contribution in [2.24, 2.45) is 0 Å². The first-order valence-electron chi connectivity index (χ1n) is 6.39. The van der Waals surface area contributed by atoms with Gasteiger partial charge in [0.2, 0.25) is 5.82 Å². The minimum Gasteiger partial charge on any atom is -0.373 e. The Labute approximate surface area is 121 Å². The molecule has 2 rings (SSSR count). The molecule has 0 unspecified atom stereocenters. The van der Waals surface area contributed by atoms with Gasteiger partial charge in [-0.2, -0.15) is 4.39 Å². The number of hydrogen-bond donors (Lipinski definition) is 0. The molecule has 2 aromatic rings. The number of halogens is 1. The average Bonchev–Trinajstić information content (AvgIpc) is 2.47. The second-order valence-corrected chi connectivity index (χ2v) is 4.37. The summed E-state index contributed by atoms with van der Waals surface area (Å²) in [6.07, 6.45) is 3.79. The lowest BCUT2D eigenvalue weighted by Crippen LogP contribution is -1.97. The van der Waals surface area contributed by atoms with Gasteiger partial charge in [-0.1, -0.05) is 42.5 Å². The van der Waals surface area contributed by atoms with Crippen molar-refractivity contribution in [3.05, 3.63) is 81.7 Å². The smallest absolute Gasteiger partial charge is 0.304 e. The molecule has 0 aliphatic carbocycles. The largest absolute Gasteiger partial charge is 0.373 e. The highest BCUT2D eigenvalue weighted by Gasteiger charge is 2.13. The third-order valence-electron chi connectivity index (χ3n) is 2.80. The Morgan fingerprint density at radius 1 is 1.19 bits per heavy atom. The summed E-state index contributed by atoms with van der Waals surface area (Å²) in [4.78, 5) is 9.74. The third-order valence-corrected chi connectivity index (χ3v) is 2.80. The molecule has 2 aromatic carbocycles. The molecule has 0 radical (unpaired) electrons. The molecule has 0 spiro atoms. The van der Waals surface area contributed by atoms with Crippen LogP contribution in [0.3, 0.4) is 0 Å². The second kappa shape index (κ2) is 7.31. The van der Waals surface area contributed by atoms with Gasteiger partial charge >= 0.3 is 5.69 Å². The van der Waals surface area contributed by atoms with Crippen LogP contribution in [-0.4, -0.2) is 11.5 Å². The van der Waals surface area contributed by atoms with Crippen LogP contribution in [0.4, 0.5) is 10.1 Å². The van der Waals surface area contributed by atoms with E-state index in [9.17, 15) is 14.5 Å². The molecule has 0 heterocycles. The lowest BCUT2D eigenvalue weighted by Gasteiger charge is -2.02. The summed E-state index contributed by atoms with van der Waals surface area (Å²) in [7, 11) is 0. The van der Waals surface area contributed by atoms with Gasteiger partial charge in [0.05, 0.1) is 18.1 Å². The topological polar surface area (TPSA) is 52.4 Å². The first-order valence-corrected chi connectivity index (χ1v) is 6.39. The summed E-state index contributed by atoms with van der Waals surface area (Å²) < 4.78 is 18.8. The van der Waals surface area contributed by atoms with Gasteiger partial charge in [-0.3, -0.25) is 10.1 Å². The van der Waals surface area contributed by atoms with Crippen molar-refractivity contribution in [2.45, 2.75) is 6.61 Å². The molecule has 0 saturated carbocycles. The Hall–Kier alpha value is -2.53. The molecular formula is C16H14FNO3. The summed E-state index contributed by atoms with van der Waals surface area (Å²) in [6.45, 7) is 0.585. The molecule has 0 atom stereocenters. The number of ether oxygens (including phenoxy) is 1. The maximum atomic E-state index is 13.4. The molecule has 4 nitrogen and oxygen atoms in total. The molecule has 108 valence electrons. The van der Waals surface area contributed by atoms with E-state index in [0.29, 0.717) is 12.2 Å². The molecule has 0 saturated heterocycles. The minimum atomic E-state index is -0.846. The molecule has 0 fully saturated rings. The molecule has 0 bridgehead atoms. The normalized spacial score (nSPS) is 10.9. The Balaban J connectivity index is 1.83. The summed E-state index contributed by atoms with van der Waals surface area (Å²) >= 11 is 0. The first kappa shape index (κ1) is 14.9. The summed E-state index contributed by atoms with van der Waals surface area (Å²) in [6, 6.07) is 13.5. The highest BCUT2D eigenvalue weighted by molar-refractivity contribution is 5.48. The predicted molar refractivity (Wildman–Crippen MR) is 78.2 cm³/mol. The standard InChI is InChI=1S/C16H14FNO3/c17-15-11-14(8-9-16(15)18(19)20)12-21-10-4-7-13-5-2-1-3-6-13/h1-9,11H,10,12H2/b7-4+. The Morgan fingerprint density at radius 2 is 1.95 bits per heavy atom. The van der Waals surface area contributed by atoms with E-state index in [1.54, 1.807) is 0 Å². The van der Waals surface area contributed by atoms with Crippen molar-refractivity contribution >= 4 is 11.8 Å². The molecule has 0 aliphatic rings. The quantitative estimate of drug-likeness (QED) is 0.459. The lowest BCUT2D eigenvalue weighted by molar-refractivity contribution is -0.387. The van der Waals surface area contributed by atoms with Gasteiger partial charge in [-0.15, -0.1) is 0 Å². The maximum absolute atomic E-state index is 13.4. The first-order chi connectivity index (χ1) is 10.2. The van der Waals surface area contributed by atoms with Crippen molar-refractivity contribution in [3.63, 3.8) is 0 Å². The number of rotatable bonds is 6. The van der Waals surface area contributed by atoms with Crippen LogP contribution in [0.1, 0.15) is 11.1 Å². The minimum absolute atomic E-state index is 0.202. The van der Waals surface area contributed by atoms with Crippen LogP contribution in [0, 0.1) is 15.9 Å². The molecule has 0 aromatic heterocycles. The van der Waals surface area contributed by atoms with Crippen LogP contribution in [0.15, 0.2) is 54.6 Å². The zero-order chi connectivity index (χ0) is 15.1. The van der Waals surface area contributed by atoms with Crippen molar-refractivity contribution < 1.29 is 14.1 Å². The van der Waals surface area contributed by atoms with Crippen LogP contribution in [0.2, 0.25) is 0 Å². The van der Waals surface area contributed by atoms with E-state index in [1.807, 2.05) is 42.5 Å². The van der Waals surface area contributed by atoms with E-state index in [2.05, 4.69) is 0 Å². The number of benzene rings is 2. The number of nitro benzene ring substituents is 1. The van der Waals surface area contributed by atoms with Crippen LogP contribution in [0.5, 0.6) is 0 Å². The molecule has 0 N–H and O–H groups in total. The molecular weight excluding hydrogens is 273 g/mol. The van der Waals surface area contributed by atoms with Gasteiger partial charge in [0, 0.05) is 6.07 Å². The molecule has 0 amide bonds. The summed E-state index contributed by atoms with van der Waals surface area (Å²) in [5.74, 6) is -0.846. The van der Waals surface area contributed by atoms with Crippen molar-refractivity contribution in [2.75, 3.05) is 6.61 Å². The average molecular weight is 287 g/mol. The van der Waals surface area contributed by atoms with Crippen LogP contribution in [-0.2, 0) is 11.3 Å². The number of nitrogens with zero attached hydrogens (tertiary/aromatic N) is 1. The zero-order valence-corrected chi connectivity index (χ0v) is 11.2. The molecule has 0 aliphatic heterocycles. The molecule has 5 heteroatoms. The number of hydrogen-bond acceptors (Lipinski definition) is 3. The monoisotopic (exact) mass is 287 g/mol. The Kier molecular flexibility index (Phi) is 5.17. The van der Waals surface area contributed by atoms with Crippen molar-refractivity contribution in [1.82, 2.24) is 0 Å².